The number of aryl methyl sites for hydroxylation is 1. The Balaban J connectivity index is 1.68. The first-order valence-corrected chi connectivity index (χ1v) is 13.1. The van der Waals surface area contributed by atoms with Crippen molar-refractivity contribution < 1.29 is 14.6 Å². The lowest BCUT2D eigenvalue weighted by molar-refractivity contribution is -0.152. The van der Waals surface area contributed by atoms with Crippen LogP contribution in [0.2, 0.25) is 0 Å². The molecule has 1 saturated carbocycles. The number of aliphatic hydroxyl groups is 1. The summed E-state index contributed by atoms with van der Waals surface area (Å²) in [6, 6.07) is 8.54. The summed E-state index contributed by atoms with van der Waals surface area (Å²) in [5.41, 5.74) is 1.56. The molecule has 31 heavy (non-hydrogen) atoms. The number of rotatable bonds is 15. The molecule has 1 fully saturated rings. The molecule has 0 bridgehead atoms. The maximum absolute atomic E-state index is 12.4. The van der Waals surface area contributed by atoms with Crippen LogP contribution in [0.25, 0.3) is 0 Å². The van der Waals surface area contributed by atoms with Gasteiger partial charge in [0.1, 0.15) is 0 Å². The Labute approximate surface area is 191 Å². The minimum atomic E-state index is -0.796. The highest BCUT2D eigenvalue weighted by Crippen LogP contribution is 2.40. The van der Waals surface area contributed by atoms with Crippen LogP contribution in [0.15, 0.2) is 24.3 Å². The smallest absolute Gasteiger partial charge is 0.308 e. The van der Waals surface area contributed by atoms with Gasteiger partial charge in [0, 0.05) is 0 Å². The van der Waals surface area contributed by atoms with Gasteiger partial charge in [-0.1, -0.05) is 95.9 Å². The molecular formula is C28H46O3. The van der Waals surface area contributed by atoms with E-state index in [1.165, 1.54) is 63.4 Å². The van der Waals surface area contributed by atoms with E-state index in [1.54, 1.807) is 0 Å². The molecule has 3 nitrogen and oxygen atoms in total. The number of hydrogen-bond acceptors (Lipinski definition) is 3. The van der Waals surface area contributed by atoms with Crippen molar-refractivity contribution in [2.45, 2.75) is 122 Å². The Morgan fingerprint density at radius 1 is 0.871 bits per heavy atom. The van der Waals surface area contributed by atoms with Gasteiger partial charge in [-0.2, -0.15) is 0 Å². The van der Waals surface area contributed by atoms with Crippen LogP contribution in [-0.2, 0) is 21.6 Å². The summed E-state index contributed by atoms with van der Waals surface area (Å²) in [6.45, 7) is 5.01. The average Bonchev–Trinajstić information content (AvgIpc) is 2.79. The predicted molar refractivity (Wildman–Crippen MR) is 129 cm³/mol. The number of unbranched alkanes of at least 4 members (excludes halogenated alkanes) is 9. The lowest BCUT2D eigenvalue weighted by Gasteiger charge is -2.35. The highest BCUT2D eigenvalue weighted by molar-refractivity contribution is 5.72. The Hall–Kier alpha value is -1.35. The molecule has 3 heteroatoms. The van der Waals surface area contributed by atoms with Crippen LogP contribution in [-0.4, -0.2) is 17.7 Å². The van der Waals surface area contributed by atoms with Crippen molar-refractivity contribution in [3.8, 4) is 0 Å². The number of hydrogen-bond donors (Lipinski definition) is 1. The Morgan fingerprint density at radius 2 is 1.42 bits per heavy atom. The molecule has 1 aromatic rings. The fourth-order valence-corrected chi connectivity index (χ4v) is 4.71. The van der Waals surface area contributed by atoms with Crippen molar-refractivity contribution in [2.75, 3.05) is 6.61 Å². The predicted octanol–water partition coefficient (Wildman–Crippen LogP) is 7.48. The van der Waals surface area contributed by atoms with Crippen LogP contribution in [0.3, 0.4) is 0 Å². The number of esters is 1. The molecule has 0 saturated heterocycles. The SMILES string of the molecule is CCCCCCCCOC(=O)C1CCC(O)(c2ccc(CCCCCCC)cc2)CC1. The van der Waals surface area contributed by atoms with Crippen LogP contribution >= 0.6 is 0 Å². The van der Waals surface area contributed by atoms with E-state index in [4.69, 9.17) is 4.74 Å². The van der Waals surface area contributed by atoms with Gasteiger partial charge in [-0.25, -0.2) is 0 Å². The second-order valence-electron chi connectivity index (χ2n) is 9.60. The van der Waals surface area contributed by atoms with Crippen molar-refractivity contribution in [3.63, 3.8) is 0 Å². The van der Waals surface area contributed by atoms with Gasteiger partial charge in [0.05, 0.1) is 18.1 Å². The molecular weight excluding hydrogens is 384 g/mol. The molecule has 0 aliphatic heterocycles. The van der Waals surface area contributed by atoms with Crippen LogP contribution in [0, 0.1) is 5.92 Å². The van der Waals surface area contributed by atoms with Crippen LogP contribution in [0.4, 0.5) is 0 Å². The van der Waals surface area contributed by atoms with E-state index < -0.39 is 5.60 Å². The molecule has 1 aliphatic rings. The van der Waals surface area contributed by atoms with Crippen molar-refractivity contribution in [1.82, 2.24) is 0 Å². The highest BCUT2D eigenvalue weighted by atomic mass is 16.5. The zero-order valence-electron chi connectivity index (χ0n) is 20.2. The largest absolute Gasteiger partial charge is 0.465 e. The number of carbonyl (C=O) groups is 1. The summed E-state index contributed by atoms with van der Waals surface area (Å²) >= 11 is 0. The summed E-state index contributed by atoms with van der Waals surface area (Å²) in [7, 11) is 0. The summed E-state index contributed by atoms with van der Waals surface area (Å²) < 4.78 is 5.52. The minimum absolute atomic E-state index is 0.0530. The molecule has 0 atom stereocenters. The molecule has 1 N–H and O–H groups in total. The van der Waals surface area contributed by atoms with Gasteiger partial charge in [-0.3, -0.25) is 4.79 Å². The summed E-state index contributed by atoms with van der Waals surface area (Å²) in [4.78, 5) is 12.4. The van der Waals surface area contributed by atoms with Gasteiger partial charge in [0.25, 0.3) is 0 Å². The summed E-state index contributed by atoms with van der Waals surface area (Å²) in [5, 5.41) is 11.2. The molecule has 1 aliphatic carbocycles. The van der Waals surface area contributed by atoms with Crippen molar-refractivity contribution in [2.24, 2.45) is 5.92 Å². The van der Waals surface area contributed by atoms with Crippen molar-refractivity contribution in [3.05, 3.63) is 35.4 Å². The topological polar surface area (TPSA) is 46.5 Å². The van der Waals surface area contributed by atoms with E-state index >= 15 is 0 Å². The lowest BCUT2D eigenvalue weighted by atomic mass is 9.75. The van der Waals surface area contributed by atoms with Crippen LogP contribution in [0.5, 0.6) is 0 Å². The third kappa shape index (κ3) is 9.35. The minimum Gasteiger partial charge on any atom is -0.465 e. The Kier molecular flexibility index (Phi) is 12.3. The maximum atomic E-state index is 12.4. The highest BCUT2D eigenvalue weighted by Gasteiger charge is 2.37. The molecule has 0 aromatic heterocycles. The van der Waals surface area contributed by atoms with E-state index in [0.29, 0.717) is 32.3 Å². The molecule has 0 unspecified atom stereocenters. The van der Waals surface area contributed by atoms with Crippen molar-refractivity contribution >= 4 is 5.97 Å². The zero-order valence-corrected chi connectivity index (χ0v) is 20.2. The van der Waals surface area contributed by atoms with Crippen LogP contribution < -0.4 is 0 Å². The van der Waals surface area contributed by atoms with E-state index in [9.17, 15) is 9.90 Å². The summed E-state index contributed by atoms with van der Waals surface area (Å²) in [6.07, 6.45) is 17.5. The van der Waals surface area contributed by atoms with Gasteiger partial charge in [0.2, 0.25) is 0 Å². The van der Waals surface area contributed by atoms with Gasteiger partial charge in [-0.15, -0.1) is 0 Å². The fraction of sp³-hybridized carbons (Fsp3) is 0.750. The Bertz CT molecular complexity index is 599. The second-order valence-corrected chi connectivity index (χ2v) is 9.60. The van der Waals surface area contributed by atoms with Crippen LogP contribution in [0.1, 0.15) is 121 Å². The van der Waals surface area contributed by atoms with Gasteiger partial charge in [-0.05, 0) is 56.1 Å². The lowest BCUT2D eigenvalue weighted by Crippen LogP contribution is -2.34. The number of carbonyl (C=O) groups excluding carboxylic acids is 1. The molecule has 0 spiro atoms. The Morgan fingerprint density at radius 3 is 2.03 bits per heavy atom. The van der Waals surface area contributed by atoms with E-state index in [0.717, 1.165) is 24.8 Å². The van der Waals surface area contributed by atoms with Gasteiger partial charge >= 0.3 is 5.97 Å². The summed E-state index contributed by atoms with van der Waals surface area (Å²) in [5.74, 6) is -0.114. The van der Waals surface area contributed by atoms with Crippen molar-refractivity contribution in [1.29, 1.82) is 0 Å². The van der Waals surface area contributed by atoms with E-state index in [1.807, 2.05) is 0 Å². The molecule has 176 valence electrons. The quantitative estimate of drug-likeness (QED) is 0.232. The third-order valence-corrected chi connectivity index (χ3v) is 6.95. The molecule has 0 radical (unpaired) electrons. The number of ether oxygens (including phenoxy) is 1. The maximum Gasteiger partial charge on any atom is 0.308 e. The zero-order chi connectivity index (χ0) is 22.4. The standard InChI is InChI=1S/C28H46O3/c1-3-5-7-9-11-13-23-31-27(29)25-19-21-28(30,22-20-25)26-17-15-24(16-18-26)14-12-10-8-6-4-2/h15-18,25,30H,3-14,19-23H2,1-2H3. The van der Waals surface area contributed by atoms with Gasteiger partial charge < -0.3 is 9.84 Å². The first-order chi connectivity index (χ1) is 15.1. The molecule has 1 aromatic carbocycles. The molecule has 0 amide bonds. The number of benzene rings is 1. The normalized spacial score (nSPS) is 21.2. The monoisotopic (exact) mass is 430 g/mol. The fourth-order valence-electron chi connectivity index (χ4n) is 4.71. The van der Waals surface area contributed by atoms with E-state index in [2.05, 4.69) is 38.1 Å². The average molecular weight is 431 g/mol. The first-order valence-electron chi connectivity index (χ1n) is 13.1. The molecule has 0 heterocycles. The van der Waals surface area contributed by atoms with Gasteiger partial charge in [0.15, 0.2) is 0 Å². The third-order valence-electron chi connectivity index (χ3n) is 6.95. The first kappa shape index (κ1) is 25.9. The second kappa shape index (κ2) is 14.7. The molecule has 2 rings (SSSR count). The van der Waals surface area contributed by atoms with E-state index in [-0.39, 0.29) is 11.9 Å².